The van der Waals surface area contributed by atoms with E-state index in [1.807, 2.05) is 91.0 Å². The maximum Gasteiger partial charge on any atom is 0.270 e. The van der Waals surface area contributed by atoms with Crippen LogP contribution >= 0.6 is 0 Å². The first-order valence-electron chi connectivity index (χ1n) is 9.86. The van der Waals surface area contributed by atoms with E-state index in [4.69, 9.17) is 9.84 Å². The minimum Gasteiger partial charge on any atom is -0.497 e. The lowest BCUT2D eigenvalue weighted by Gasteiger charge is -2.09. The molecule has 1 heterocycles. The summed E-state index contributed by atoms with van der Waals surface area (Å²) in [5.41, 5.74) is 4.23. The smallest absolute Gasteiger partial charge is 0.270 e. The summed E-state index contributed by atoms with van der Waals surface area (Å²) < 4.78 is 6.88. The maximum atomic E-state index is 13.0. The minimum atomic E-state index is -0.151. The van der Waals surface area contributed by atoms with Gasteiger partial charge in [-0.25, -0.2) is 4.68 Å². The molecular formula is C25H23N3O2. The predicted octanol–water partition coefficient (Wildman–Crippen LogP) is 4.52. The van der Waals surface area contributed by atoms with E-state index < -0.39 is 0 Å². The number of hydrogen-bond donors (Lipinski definition) is 1. The number of aromatic nitrogens is 2. The molecule has 150 valence electrons. The molecule has 3 aromatic carbocycles. The van der Waals surface area contributed by atoms with Crippen LogP contribution in [0.25, 0.3) is 16.9 Å². The minimum absolute atomic E-state index is 0.151. The highest BCUT2D eigenvalue weighted by Crippen LogP contribution is 2.21. The molecule has 4 aromatic rings. The summed E-state index contributed by atoms with van der Waals surface area (Å²) in [6.45, 7) is 0.534. The normalized spacial score (nSPS) is 10.6. The third kappa shape index (κ3) is 4.41. The van der Waals surface area contributed by atoms with Gasteiger partial charge in [0.2, 0.25) is 0 Å². The van der Waals surface area contributed by atoms with E-state index in [1.54, 1.807) is 11.8 Å². The van der Waals surface area contributed by atoms with Crippen LogP contribution in [0.2, 0.25) is 0 Å². The van der Waals surface area contributed by atoms with Crippen molar-refractivity contribution in [1.82, 2.24) is 15.1 Å². The molecule has 0 fully saturated rings. The Bertz CT molecular complexity index is 1100. The number of hydrogen-bond acceptors (Lipinski definition) is 3. The summed E-state index contributed by atoms with van der Waals surface area (Å²) in [4.78, 5) is 13.0. The highest BCUT2D eigenvalue weighted by atomic mass is 16.5. The zero-order valence-electron chi connectivity index (χ0n) is 16.8. The van der Waals surface area contributed by atoms with Crippen molar-refractivity contribution in [2.24, 2.45) is 0 Å². The summed E-state index contributed by atoms with van der Waals surface area (Å²) in [5.74, 6) is 0.671. The quantitative estimate of drug-likeness (QED) is 0.499. The van der Waals surface area contributed by atoms with Gasteiger partial charge in [-0.1, -0.05) is 60.7 Å². The van der Waals surface area contributed by atoms with Crippen molar-refractivity contribution in [3.8, 4) is 22.7 Å². The number of rotatable bonds is 7. The highest BCUT2D eigenvalue weighted by molar-refractivity contribution is 5.94. The van der Waals surface area contributed by atoms with Crippen molar-refractivity contribution in [3.63, 3.8) is 0 Å². The summed E-state index contributed by atoms with van der Waals surface area (Å²) in [5, 5.41) is 7.72. The number of ether oxygens (including phenoxy) is 1. The molecule has 0 aliphatic heterocycles. The highest BCUT2D eigenvalue weighted by Gasteiger charge is 2.17. The summed E-state index contributed by atoms with van der Waals surface area (Å²) in [6, 6.07) is 29.3. The van der Waals surface area contributed by atoms with Gasteiger partial charge in [0, 0.05) is 12.1 Å². The molecule has 0 aliphatic rings. The van der Waals surface area contributed by atoms with E-state index in [0.717, 1.165) is 34.7 Å². The fourth-order valence-corrected chi connectivity index (χ4v) is 3.26. The van der Waals surface area contributed by atoms with Crippen LogP contribution in [0.1, 0.15) is 16.1 Å². The van der Waals surface area contributed by atoms with Gasteiger partial charge in [0.15, 0.2) is 0 Å². The van der Waals surface area contributed by atoms with Crippen LogP contribution in [0.15, 0.2) is 91.0 Å². The number of para-hydroxylation sites is 1. The Hall–Kier alpha value is -3.86. The van der Waals surface area contributed by atoms with Crippen LogP contribution in [0.3, 0.4) is 0 Å². The molecule has 0 saturated heterocycles. The van der Waals surface area contributed by atoms with Gasteiger partial charge in [-0.05, 0) is 42.3 Å². The standard InChI is InChI=1S/C25H23N3O2/c1-30-22-14-12-19(13-15-22)16-17-26-25(29)24-18-23(20-8-4-2-5-9-20)27-28(24)21-10-6-3-7-11-21/h2-15,18H,16-17H2,1H3,(H,26,29). The second kappa shape index (κ2) is 9.09. The third-order valence-electron chi connectivity index (χ3n) is 4.87. The molecule has 1 amide bonds. The summed E-state index contributed by atoms with van der Waals surface area (Å²) in [7, 11) is 1.65. The van der Waals surface area contributed by atoms with Gasteiger partial charge in [0.1, 0.15) is 11.4 Å². The van der Waals surface area contributed by atoms with E-state index in [1.165, 1.54) is 0 Å². The number of nitrogens with zero attached hydrogens (tertiary/aromatic N) is 2. The lowest BCUT2D eigenvalue weighted by atomic mass is 10.1. The van der Waals surface area contributed by atoms with Gasteiger partial charge in [-0.15, -0.1) is 0 Å². The van der Waals surface area contributed by atoms with Crippen molar-refractivity contribution in [2.45, 2.75) is 6.42 Å². The SMILES string of the molecule is COc1ccc(CCNC(=O)c2cc(-c3ccccc3)nn2-c2ccccc2)cc1. The van der Waals surface area contributed by atoms with E-state index in [-0.39, 0.29) is 5.91 Å². The molecule has 0 atom stereocenters. The maximum absolute atomic E-state index is 13.0. The van der Waals surface area contributed by atoms with Crippen LogP contribution < -0.4 is 10.1 Å². The Morgan fingerprint density at radius 1 is 0.933 bits per heavy atom. The van der Waals surface area contributed by atoms with Crippen LogP contribution in [-0.4, -0.2) is 29.3 Å². The molecule has 0 bridgehead atoms. The molecule has 1 aromatic heterocycles. The van der Waals surface area contributed by atoms with Gasteiger partial charge < -0.3 is 10.1 Å². The molecule has 4 rings (SSSR count). The van der Waals surface area contributed by atoms with Gasteiger partial charge in [-0.3, -0.25) is 4.79 Å². The largest absolute Gasteiger partial charge is 0.497 e. The summed E-state index contributed by atoms with van der Waals surface area (Å²) in [6.07, 6.45) is 0.737. The Morgan fingerprint density at radius 3 is 2.27 bits per heavy atom. The predicted molar refractivity (Wildman–Crippen MR) is 118 cm³/mol. The van der Waals surface area contributed by atoms with Crippen LogP contribution in [0, 0.1) is 0 Å². The number of carbonyl (C=O) groups is 1. The average molecular weight is 397 g/mol. The van der Waals surface area contributed by atoms with Gasteiger partial charge in [0.25, 0.3) is 5.91 Å². The average Bonchev–Trinajstić information content (AvgIpc) is 3.26. The van der Waals surface area contributed by atoms with Crippen LogP contribution in [0.4, 0.5) is 0 Å². The first-order chi connectivity index (χ1) is 14.7. The van der Waals surface area contributed by atoms with Crippen molar-refractivity contribution in [2.75, 3.05) is 13.7 Å². The van der Waals surface area contributed by atoms with Crippen molar-refractivity contribution >= 4 is 5.91 Å². The van der Waals surface area contributed by atoms with E-state index in [2.05, 4.69) is 5.32 Å². The Kier molecular flexibility index (Phi) is 5.90. The van der Waals surface area contributed by atoms with Crippen molar-refractivity contribution in [1.29, 1.82) is 0 Å². The first-order valence-corrected chi connectivity index (χ1v) is 9.86. The zero-order valence-corrected chi connectivity index (χ0v) is 16.8. The molecule has 0 unspecified atom stereocenters. The lowest BCUT2D eigenvalue weighted by Crippen LogP contribution is -2.27. The molecule has 5 heteroatoms. The van der Waals surface area contributed by atoms with E-state index in [0.29, 0.717) is 12.2 Å². The van der Waals surface area contributed by atoms with Gasteiger partial charge in [0.05, 0.1) is 18.5 Å². The van der Waals surface area contributed by atoms with E-state index in [9.17, 15) is 4.79 Å². The molecule has 5 nitrogen and oxygen atoms in total. The Balaban J connectivity index is 1.53. The Morgan fingerprint density at radius 2 is 1.60 bits per heavy atom. The number of carbonyl (C=O) groups excluding carboxylic acids is 1. The zero-order chi connectivity index (χ0) is 20.8. The van der Waals surface area contributed by atoms with Gasteiger partial charge >= 0.3 is 0 Å². The first kappa shape index (κ1) is 19.5. The number of nitrogens with one attached hydrogen (secondary N) is 1. The number of methoxy groups -OCH3 is 1. The second-order valence-electron chi connectivity index (χ2n) is 6.88. The lowest BCUT2D eigenvalue weighted by molar-refractivity contribution is 0.0946. The topological polar surface area (TPSA) is 56.1 Å². The van der Waals surface area contributed by atoms with Crippen molar-refractivity contribution in [3.05, 3.63) is 102 Å². The monoisotopic (exact) mass is 397 g/mol. The fourth-order valence-electron chi connectivity index (χ4n) is 3.26. The van der Waals surface area contributed by atoms with Crippen LogP contribution in [0.5, 0.6) is 5.75 Å². The molecule has 1 N–H and O–H groups in total. The fraction of sp³-hybridized carbons (Fsp3) is 0.120. The molecule has 0 radical (unpaired) electrons. The van der Waals surface area contributed by atoms with E-state index >= 15 is 0 Å². The summed E-state index contributed by atoms with van der Waals surface area (Å²) >= 11 is 0. The second-order valence-corrected chi connectivity index (χ2v) is 6.88. The van der Waals surface area contributed by atoms with Gasteiger partial charge in [-0.2, -0.15) is 5.10 Å². The van der Waals surface area contributed by atoms with Crippen LogP contribution in [-0.2, 0) is 6.42 Å². The number of benzene rings is 3. The Labute approximate surface area is 175 Å². The number of amides is 1. The molecule has 0 saturated carbocycles. The van der Waals surface area contributed by atoms with Crippen molar-refractivity contribution < 1.29 is 9.53 Å². The molecule has 0 spiro atoms. The molecular weight excluding hydrogens is 374 g/mol. The molecule has 30 heavy (non-hydrogen) atoms. The molecule has 0 aliphatic carbocycles. The third-order valence-corrected chi connectivity index (χ3v) is 4.87.